The lowest BCUT2D eigenvalue weighted by atomic mass is 9.83. The standard InChI is InChI=1S/C57H39N3/c1-7-21-40(22-8-1)46-33-19-34-47(37-46)50-39-51(59-57(58-50)45-31-17-6-18-32-45)48-35-20-36-49(38-48)52-53(41-23-9-2-10-24-41)55(43-27-13-4-14-28-43)60-56(44-29-15-5-16-30-44)54(52)42-25-11-3-12-26-42/h1-39H. The smallest absolute Gasteiger partial charge is 0.160 e. The number of nitrogens with zero attached hydrogens (tertiary/aromatic N) is 3. The predicted molar refractivity (Wildman–Crippen MR) is 249 cm³/mol. The van der Waals surface area contributed by atoms with Crippen LogP contribution in [0.25, 0.3) is 101 Å². The predicted octanol–water partition coefficient (Wildman–Crippen LogP) is 14.9. The Balaban J connectivity index is 1.25. The van der Waals surface area contributed by atoms with E-state index in [0.29, 0.717) is 5.82 Å². The molecule has 0 atom stereocenters. The Morgan fingerprint density at radius 2 is 0.533 bits per heavy atom. The Labute approximate surface area is 351 Å². The Bertz CT molecular complexity index is 2940. The molecule has 0 unspecified atom stereocenters. The molecule has 3 nitrogen and oxygen atoms in total. The SMILES string of the molecule is c1ccc(-c2cccc(-c3cc(-c4cccc(-c5c(-c6ccccc6)c(-c6ccccc6)nc(-c6ccccc6)c5-c5ccccc5)c4)nc(-c4ccccc4)n3)c2)cc1. The maximum atomic E-state index is 5.63. The van der Waals surface area contributed by atoms with Crippen LogP contribution >= 0.6 is 0 Å². The van der Waals surface area contributed by atoms with Crippen molar-refractivity contribution < 1.29 is 0 Å². The first-order valence-corrected chi connectivity index (χ1v) is 20.3. The molecule has 282 valence electrons. The van der Waals surface area contributed by atoms with E-state index >= 15 is 0 Å². The van der Waals surface area contributed by atoms with Crippen molar-refractivity contribution in [2.24, 2.45) is 0 Å². The lowest BCUT2D eigenvalue weighted by Gasteiger charge is -2.23. The number of hydrogen-bond donors (Lipinski definition) is 0. The van der Waals surface area contributed by atoms with Crippen LogP contribution in [0.15, 0.2) is 237 Å². The fourth-order valence-corrected chi connectivity index (χ4v) is 8.04. The lowest BCUT2D eigenvalue weighted by molar-refractivity contribution is 1.18. The Hall–Kier alpha value is -8.01. The highest BCUT2D eigenvalue weighted by atomic mass is 14.9. The van der Waals surface area contributed by atoms with Gasteiger partial charge in [-0.05, 0) is 46.0 Å². The Kier molecular flexibility index (Phi) is 9.97. The van der Waals surface area contributed by atoms with E-state index in [-0.39, 0.29) is 0 Å². The number of aromatic nitrogens is 3. The molecule has 0 radical (unpaired) electrons. The second-order valence-corrected chi connectivity index (χ2v) is 14.8. The van der Waals surface area contributed by atoms with Gasteiger partial charge >= 0.3 is 0 Å². The third-order valence-electron chi connectivity index (χ3n) is 10.9. The van der Waals surface area contributed by atoms with Gasteiger partial charge in [-0.15, -0.1) is 0 Å². The van der Waals surface area contributed by atoms with E-state index in [4.69, 9.17) is 15.0 Å². The summed E-state index contributed by atoms with van der Waals surface area (Å²) in [6.07, 6.45) is 0. The molecule has 0 amide bonds. The minimum absolute atomic E-state index is 0.676. The van der Waals surface area contributed by atoms with E-state index in [9.17, 15) is 0 Å². The highest BCUT2D eigenvalue weighted by molar-refractivity contribution is 6.05. The summed E-state index contributed by atoms with van der Waals surface area (Å²) in [7, 11) is 0. The number of benzene rings is 8. The summed E-state index contributed by atoms with van der Waals surface area (Å²) in [5, 5.41) is 0. The summed E-state index contributed by atoms with van der Waals surface area (Å²) < 4.78 is 0. The summed E-state index contributed by atoms with van der Waals surface area (Å²) in [4.78, 5) is 16.1. The molecule has 0 aliphatic carbocycles. The highest BCUT2D eigenvalue weighted by Crippen LogP contribution is 2.49. The van der Waals surface area contributed by atoms with Gasteiger partial charge in [-0.2, -0.15) is 0 Å². The zero-order chi connectivity index (χ0) is 40.1. The molecule has 0 N–H and O–H groups in total. The average Bonchev–Trinajstić information content (AvgIpc) is 3.35. The van der Waals surface area contributed by atoms with Crippen molar-refractivity contribution in [1.82, 2.24) is 15.0 Å². The first-order chi connectivity index (χ1) is 29.8. The van der Waals surface area contributed by atoms with Gasteiger partial charge in [-0.25, -0.2) is 15.0 Å². The van der Waals surface area contributed by atoms with E-state index in [0.717, 1.165) is 95.1 Å². The molecule has 3 heteroatoms. The topological polar surface area (TPSA) is 38.7 Å². The van der Waals surface area contributed by atoms with Crippen molar-refractivity contribution in [2.75, 3.05) is 0 Å². The van der Waals surface area contributed by atoms with Crippen molar-refractivity contribution in [3.05, 3.63) is 237 Å². The second kappa shape index (κ2) is 16.5. The molecule has 60 heavy (non-hydrogen) atoms. The Morgan fingerprint density at radius 1 is 0.200 bits per heavy atom. The van der Waals surface area contributed by atoms with Gasteiger partial charge in [0.1, 0.15) is 0 Å². The monoisotopic (exact) mass is 765 g/mol. The number of pyridine rings is 1. The molecule has 8 aromatic carbocycles. The van der Waals surface area contributed by atoms with Gasteiger partial charge in [0.05, 0.1) is 22.8 Å². The third kappa shape index (κ3) is 7.32. The highest BCUT2D eigenvalue weighted by Gasteiger charge is 2.25. The first kappa shape index (κ1) is 36.3. The Morgan fingerprint density at radius 3 is 0.983 bits per heavy atom. The molecular weight excluding hydrogens is 727 g/mol. The quantitative estimate of drug-likeness (QED) is 0.147. The van der Waals surface area contributed by atoms with Crippen LogP contribution in [0.3, 0.4) is 0 Å². The molecule has 0 aliphatic rings. The van der Waals surface area contributed by atoms with Crippen molar-refractivity contribution in [3.63, 3.8) is 0 Å². The van der Waals surface area contributed by atoms with Crippen LogP contribution in [0, 0.1) is 0 Å². The summed E-state index contributed by atoms with van der Waals surface area (Å²) in [5.74, 6) is 0.676. The first-order valence-electron chi connectivity index (χ1n) is 20.3. The van der Waals surface area contributed by atoms with Gasteiger partial charge in [-0.1, -0.05) is 218 Å². The van der Waals surface area contributed by atoms with Crippen LogP contribution in [-0.4, -0.2) is 15.0 Å². The fraction of sp³-hybridized carbons (Fsp3) is 0. The fourth-order valence-electron chi connectivity index (χ4n) is 8.04. The van der Waals surface area contributed by atoms with E-state index in [1.807, 2.05) is 24.3 Å². The zero-order valence-electron chi connectivity index (χ0n) is 32.9. The van der Waals surface area contributed by atoms with E-state index in [1.165, 1.54) is 0 Å². The van der Waals surface area contributed by atoms with Gasteiger partial charge in [0.2, 0.25) is 0 Å². The molecule has 0 aliphatic heterocycles. The van der Waals surface area contributed by atoms with Crippen molar-refractivity contribution in [3.8, 4) is 101 Å². The van der Waals surface area contributed by atoms with Gasteiger partial charge in [0.15, 0.2) is 5.82 Å². The van der Waals surface area contributed by atoms with Crippen LogP contribution in [0.4, 0.5) is 0 Å². The molecule has 2 heterocycles. The van der Waals surface area contributed by atoms with E-state index < -0.39 is 0 Å². The molecule has 0 saturated heterocycles. The van der Waals surface area contributed by atoms with Crippen LogP contribution < -0.4 is 0 Å². The maximum Gasteiger partial charge on any atom is 0.160 e. The minimum atomic E-state index is 0.676. The van der Waals surface area contributed by atoms with Crippen LogP contribution in [0.1, 0.15) is 0 Å². The van der Waals surface area contributed by atoms with Crippen molar-refractivity contribution >= 4 is 0 Å². The largest absolute Gasteiger partial charge is 0.246 e. The zero-order valence-corrected chi connectivity index (χ0v) is 32.9. The van der Waals surface area contributed by atoms with E-state index in [1.54, 1.807) is 0 Å². The number of rotatable bonds is 9. The van der Waals surface area contributed by atoms with Gasteiger partial charge in [0.25, 0.3) is 0 Å². The van der Waals surface area contributed by atoms with Gasteiger partial charge < -0.3 is 0 Å². The molecular formula is C57H39N3. The van der Waals surface area contributed by atoms with Crippen molar-refractivity contribution in [2.45, 2.75) is 0 Å². The molecule has 0 bridgehead atoms. The maximum absolute atomic E-state index is 5.63. The van der Waals surface area contributed by atoms with Crippen LogP contribution in [-0.2, 0) is 0 Å². The molecule has 0 fully saturated rings. The molecule has 0 spiro atoms. The molecule has 0 saturated carbocycles. The summed E-state index contributed by atoms with van der Waals surface area (Å²) in [5.41, 5.74) is 17.4. The van der Waals surface area contributed by atoms with Crippen molar-refractivity contribution in [1.29, 1.82) is 0 Å². The number of hydrogen-bond acceptors (Lipinski definition) is 3. The van der Waals surface area contributed by atoms with Crippen LogP contribution in [0.2, 0.25) is 0 Å². The molecule has 10 aromatic rings. The summed E-state index contributed by atoms with van der Waals surface area (Å²) in [6, 6.07) is 82.8. The van der Waals surface area contributed by atoms with Gasteiger partial charge in [-0.3, -0.25) is 0 Å². The van der Waals surface area contributed by atoms with Crippen LogP contribution in [0.5, 0.6) is 0 Å². The van der Waals surface area contributed by atoms with Gasteiger partial charge in [0, 0.05) is 44.5 Å². The molecule has 2 aromatic heterocycles. The lowest BCUT2D eigenvalue weighted by Crippen LogP contribution is -2.02. The summed E-state index contributed by atoms with van der Waals surface area (Å²) in [6.45, 7) is 0. The minimum Gasteiger partial charge on any atom is -0.246 e. The second-order valence-electron chi connectivity index (χ2n) is 14.8. The third-order valence-corrected chi connectivity index (χ3v) is 10.9. The average molecular weight is 766 g/mol. The molecule has 10 rings (SSSR count). The normalized spacial score (nSPS) is 11.0. The summed E-state index contributed by atoms with van der Waals surface area (Å²) >= 11 is 0. The van der Waals surface area contributed by atoms with E-state index in [2.05, 4.69) is 212 Å².